The van der Waals surface area contributed by atoms with Gasteiger partial charge in [0, 0.05) is 23.5 Å². The monoisotopic (exact) mass is 481 g/mol. The lowest BCUT2D eigenvalue weighted by Crippen LogP contribution is -2.32. The van der Waals surface area contributed by atoms with Gasteiger partial charge < -0.3 is 24.5 Å². The van der Waals surface area contributed by atoms with Gasteiger partial charge in [-0.05, 0) is 42.0 Å². The highest BCUT2D eigenvalue weighted by Gasteiger charge is 2.24. The van der Waals surface area contributed by atoms with Crippen LogP contribution in [0.4, 0.5) is 0 Å². The molecule has 0 unspecified atom stereocenters. The molecule has 4 aromatic rings. The summed E-state index contributed by atoms with van der Waals surface area (Å²) in [5, 5.41) is 32.2. The Labute approximate surface area is 208 Å². The van der Waals surface area contributed by atoms with Crippen LogP contribution in [0.2, 0.25) is 6.32 Å². The van der Waals surface area contributed by atoms with Crippen molar-refractivity contribution < 1.29 is 24.0 Å². The maximum atomic E-state index is 12.6. The quantitative estimate of drug-likeness (QED) is 0.231. The van der Waals surface area contributed by atoms with Gasteiger partial charge in [-0.3, -0.25) is 9.78 Å². The Morgan fingerprint density at radius 1 is 1.17 bits per heavy atom. The number of hydrogen-bond donors (Lipinski definition) is 3. The molecule has 4 rings (SSSR count). The number of nitrogens with zero attached hydrogens (tertiary/aromatic N) is 2. The van der Waals surface area contributed by atoms with Crippen molar-refractivity contribution in [1.29, 1.82) is 5.26 Å². The van der Waals surface area contributed by atoms with E-state index in [-0.39, 0.29) is 25.3 Å². The van der Waals surface area contributed by atoms with Crippen LogP contribution in [-0.4, -0.2) is 34.7 Å². The van der Waals surface area contributed by atoms with Crippen LogP contribution in [-0.2, 0) is 4.79 Å². The van der Waals surface area contributed by atoms with Crippen molar-refractivity contribution in [2.24, 2.45) is 0 Å². The number of pyridine rings is 1. The van der Waals surface area contributed by atoms with Gasteiger partial charge in [0.05, 0.1) is 36.6 Å². The number of ether oxygens (including phenoxy) is 1. The summed E-state index contributed by atoms with van der Waals surface area (Å²) in [5.74, 6) is 0.252. The summed E-state index contributed by atoms with van der Waals surface area (Å²) in [6, 6.07) is 21.4. The molecule has 0 saturated carbocycles. The molecule has 0 bridgehead atoms. The smallest absolute Gasteiger partial charge is 0.453 e. The largest absolute Gasteiger partial charge is 0.493 e. The molecule has 0 aliphatic heterocycles. The topological polar surface area (TPSA) is 129 Å². The Bertz CT molecular complexity index is 1400. The number of amides is 1. The highest BCUT2D eigenvalue weighted by Crippen LogP contribution is 2.29. The molecule has 0 saturated heterocycles. The van der Waals surface area contributed by atoms with Crippen LogP contribution in [0.15, 0.2) is 83.6 Å². The van der Waals surface area contributed by atoms with Gasteiger partial charge in [0.2, 0.25) is 5.91 Å². The predicted molar refractivity (Wildman–Crippen MR) is 136 cm³/mol. The molecule has 1 amide bonds. The van der Waals surface area contributed by atoms with Crippen molar-refractivity contribution in [2.75, 3.05) is 6.61 Å². The maximum Gasteiger partial charge on any atom is 0.453 e. The minimum absolute atomic E-state index is 0.0608. The lowest BCUT2D eigenvalue weighted by molar-refractivity contribution is -0.122. The first-order valence-corrected chi connectivity index (χ1v) is 11.4. The fraction of sp³-hybridized carbons (Fsp3) is 0.148. The number of nitriles is 1. The van der Waals surface area contributed by atoms with E-state index in [2.05, 4.69) is 16.4 Å². The molecule has 8 nitrogen and oxygen atoms in total. The molecule has 0 fully saturated rings. The van der Waals surface area contributed by atoms with E-state index in [1.165, 1.54) is 6.26 Å². The van der Waals surface area contributed by atoms with E-state index in [1.54, 1.807) is 48.7 Å². The third-order valence-corrected chi connectivity index (χ3v) is 5.50. The Morgan fingerprint density at radius 2 is 2.00 bits per heavy atom. The summed E-state index contributed by atoms with van der Waals surface area (Å²) in [5.41, 5.74) is 3.10. The van der Waals surface area contributed by atoms with E-state index >= 15 is 0 Å². The maximum absolute atomic E-state index is 12.6. The Morgan fingerprint density at radius 3 is 2.78 bits per heavy atom. The zero-order chi connectivity index (χ0) is 25.3. The van der Waals surface area contributed by atoms with E-state index in [0.29, 0.717) is 28.2 Å². The SMILES string of the molecule is N#CC(=Cc1cccc(OCCC(=O)N[C@@H](CB(O)O)c2coc3ccccc23)c1)c1ccccn1. The van der Waals surface area contributed by atoms with Gasteiger partial charge in [0.25, 0.3) is 0 Å². The van der Waals surface area contributed by atoms with Crippen LogP contribution >= 0.6 is 0 Å². The average Bonchev–Trinajstić information content (AvgIpc) is 3.32. The standard InChI is InChI=1S/C27H24BN3O5/c29-17-20(24-9-3-4-12-30-24)14-19-6-5-7-21(15-19)35-13-11-27(32)31-25(16-28(33)34)23-18-36-26-10-2-1-8-22(23)26/h1-10,12,14-15,18,25,33-34H,11,13,16H2,(H,31,32)/t25-/m0/s1. The minimum atomic E-state index is -1.60. The van der Waals surface area contributed by atoms with E-state index in [0.717, 1.165) is 10.9 Å². The number of benzene rings is 2. The van der Waals surface area contributed by atoms with Crippen molar-refractivity contribution in [3.63, 3.8) is 0 Å². The van der Waals surface area contributed by atoms with Gasteiger partial charge >= 0.3 is 7.12 Å². The summed E-state index contributed by atoms with van der Waals surface area (Å²) >= 11 is 0. The minimum Gasteiger partial charge on any atom is -0.493 e. The van der Waals surface area contributed by atoms with Crippen molar-refractivity contribution >= 4 is 35.6 Å². The summed E-state index contributed by atoms with van der Waals surface area (Å²) in [6.07, 6.45) is 4.86. The molecule has 0 radical (unpaired) electrons. The molecule has 0 aliphatic carbocycles. The zero-order valence-corrected chi connectivity index (χ0v) is 19.4. The fourth-order valence-corrected chi connectivity index (χ4v) is 3.82. The lowest BCUT2D eigenvalue weighted by atomic mass is 9.79. The Balaban J connectivity index is 1.37. The van der Waals surface area contributed by atoms with Gasteiger partial charge in [-0.25, -0.2) is 0 Å². The fourth-order valence-electron chi connectivity index (χ4n) is 3.82. The number of carbonyl (C=O) groups is 1. The molecule has 180 valence electrons. The summed E-state index contributed by atoms with van der Waals surface area (Å²) in [6.45, 7) is 0.116. The molecule has 36 heavy (non-hydrogen) atoms. The van der Waals surface area contributed by atoms with Crippen molar-refractivity contribution in [2.45, 2.75) is 18.8 Å². The Hall–Kier alpha value is -4.39. The lowest BCUT2D eigenvalue weighted by Gasteiger charge is -2.18. The molecule has 2 aromatic heterocycles. The van der Waals surface area contributed by atoms with E-state index in [9.17, 15) is 20.1 Å². The normalized spacial score (nSPS) is 12.1. The molecule has 0 aliphatic rings. The van der Waals surface area contributed by atoms with Crippen LogP contribution in [0.3, 0.4) is 0 Å². The number of rotatable bonds is 10. The molecule has 0 spiro atoms. The molecular weight excluding hydrogens is 457 g/mol. The van der Waals surface area contributed by atoms with Crippen LogP contribution in [0.5, 0.6) is 5.75 Å². The molecule has 1 atom stereocenters. The number of carbonyl (C=O) groups excluding carboxylic acids is 1. The number of fused-ring (bicyclic) bond motifs is 1. The number of furan rings is 1. The first-order chi connectivity index (χ1) is 17.5. The van der Waals surface area contributed by atoms with Crippen molar-refractivity contribution in [3.8, 4) is 11.8 Å². The molecular formula is C27H24BN3O5. The third-order valence-electron chi connectivity index (χ3n) is 5.50. The van der Waals surface area contributed by atoms with Gasteiger partial charge in [0.15, 0.2) is 0 Å². The molecule has 2 aromatic carbocycles. The summed E-state index contributed by atoms with van der Waals surface area (Å²) in [7, 11) is -1.60. The van der Waals surface area contributed by atoms with Gasteiger partial charge in [-0.15, -0.1) is 0 Å². The zero-order valence-electron chi connectivity index (χ0n) is 19.4. The van der Waals surface area contributed by atoms with Crippen molar-refractivity contribution in [1.82, 2.24) is 10.3 Å². The van der Waals surface area contributed by atoms with E-state index in [1.807, 2.05) is 30.3 Å². The molecule has 3 N–H and O–H groups in total. The van der Waals surface area contributed by atoms with Gasteiger partial charge in [0.1, 0.15) is 17.4 Å². The third kappa shape index (κ3) is 6.39. The van der Waals surface area contributed by atoms with Crippen molar-refractivity contribution in [3.05, 3.63) is 96.0 Å². The molecule has 9 heteroatoms. The highest BCUT2D eigenvalue weighted by molar-refractivity contribution is 6.41. The average molecular weight is 481 g/mol. The molecule has 2 heterocycles. The summed E-state index contributed by atoms with van der Waals surface area (Å²) in [4.78, 5) is 16.8. The first-order valence-electron chi connectivity index (χ1n) is 11.4. The van der Waals surface area contributed by atoms with Gasteiger partial charge in [-0.2, -0.15) is 5.26 Å². The first kappa shape index (κ1) is 24.7. The van der Waals surface area contributed by atoms with E-state index < -0.39 is 13.2 Å². The number of para-hydroxylation sites is 1. The van der Waals surface area contributed by atoms with Crippen LogP contribution in [0, 0.1) is 11.3 Å². The van der Waals surface area contributed by atoms with Gasteiger partial charge in [-0.1, -0.05) is 36.4 Å². The van der Waals surface area contributed by atoms with E-state index in [4.69, 9.17) is 9.15 Å². The number of hydrogen-bond acceptors (Lipinski definition) is 7. The number of nitrogens with one attached hydrogen (secondary N) is 1. The second-order valence-electron chi connectivity index (χ2n) is 8.08. The Kier molecular flexibility index (Phi) is 8.14. The predicted octanol–water partition coefficient (Wildman–Crippen LogP) is 3.99. The second-order valence-corrected chi connectivity index (χ2v) is 8.08. The van der Waals surface area contributed by atoms with Crippen LogP contribution in [0.1, 0.15) is 29.3 Å². The number of allylic oxidation sites excluding steroid dienone is 1. The number of aromatic nitrogens is 1. The van der Waals surface area contributed by atoms with Crippen LogP contribution in [0.25, 0.3) is 22.6 Å². The highest BCUT2D eigenvalue weighted by atomic mass is 16.5. The summed E-state index contributed by atoms with van der Waals surface area (Å²) < 4.78 is 11.3. The second kappa shape index (κ2) is 11.8. The van der Waals surface area contributed by atoms with Crippen LogP contribution < -0.4 is 10.1 Å².